The zero-order valence-electron chi connectivity index (χ0n) is 11.3. The zero-order chi connectivity index (χ0) is 15.5. The molecule has 1 aliphatic rings. The maximum Gasteiger partial charge on any atom is 0.433 e. The molecule has 0 radical (unpaired) electrons. The maximum atomic E-state index is 12.6. The number of aromatic nitrogens is 1. The second-order valence-electron chi connectivity index (χ2n) is 5.20. The molecule has 7 heteroatoms. The van der Waals surface area contributed by atoms with Crippen molar-refractivity contribution in [1.29, 1.82) is 5.26 Å². The summed E-state index contributed by atoms with van der Waals surface area (Å²) >= 11 is 0. The van der Waals surface area contributed by atoms with Crippen LogP contribution in [0.1, 0.15) is 36.9 Å². The number of hydrogen-bond donors (Lipinski definition) is 2. The molecule has 1 aliphatic carbocycles. The van der Waals surface area contributed by atoms with Gasteiger partial charge in [0.2, 0.25) is 0 Å². The normalized spacial score (nSPS) is 22.6. The van der Waals surface area contributed by atoms with Crippen LogP contribution in [-0.4, -0.2) is 22.7 Å². The van der Waals surface area contributed by atoms with Gasteiger partial charge in [-0.2, -0.15) is 18.4 Å². The molecule has 0 aromatic carbocycles. The summed E-state index contributed by atoms with van der Waals surface area (Å²) < 4.78 is 37.9. The van der Waals surface area contributed by atoms with Gasteiger partial charge in [-0.05, 0) is 25.0 Å². The summed E-state index contributed by atoms with van der Waals surface area (Å²) in [5, 5.41) is 21.6. The van der Waals surface area contributed by atoms with Crippen LogP contribution in [0.5, 0.6) is 0 Å². The molecule has 0 aliphatic heterocycles. The fraction of sp³-hybridized carbons (Fsp3) is 0.571. The minimum atomic E-state index is -4.55. The lowest BCUT2D eigenvalue weighted by atomic mass is 9.86. The van der Waals surface area contributed by atoms with Crippen LogP contribution in [-0.2, 0) is 6.18 Å². The molecule has 4 nitrogen and oxygen atoms in total. The van der Waals surface area contributed by atoms with Gasteiger partial charge in [0, 0.05) is 12.5 Å². The first-order valence-electron chi connectivity index (χ1n) is 6.82. The largest absolute Gasteiger partial charge is 0.433 e. The van der Waals surface area contributed by atoms with Crippen LogP contribution in [0.15, 0.2) is 12.1 Å². The average Bonchev–Trinajstić information content (AvgIpc) is 2.45. The minimum Gasteiger partial charge on any atom is -0.393 e. The lowest BCUT2D eigenvalue weighted by Crippen LogP contribution is -2.30. The Balaban J connectivity index is 2.12. The van der Waals surface area contributed by atoms with Crippen molar-refractivity contribution in [3.05, 3.63) is 23.4 Å². The zero-order valence-corrected chi connectivity index (χ0v) is 11.3. The van der Waals surface area contributed by atoms with Crippen molar-refractivity contribution in [2.45, 2.75) is 38.0 Å². The number of rotatable bonds is 3. The molecule has 1 fully saturated rings. The van der Waals surface area contributed by atoms with Crippen molar-refractivity contribution < 1.29 is 18.3 Å². The van der Waals surface area contributed by atoms with E-state index in [0.717, 1.165) is 31.4 Å². The summed E-state index contributed by atoms with van der Waals surface area (Å²) in [6, 6.07) is 3.72. The lowest BCUT2D eigenvalue weighted by Gasteiger charge is -2.28. The van der Waals surface area contributed by atoms with Crippen LogP contribution >= 0.6 is 0 Å². The molecule has 2 N–H and O–H groups in total. The van der Waals surface area contributed by atoms with Gasteiger partial charge in [0.05, 0.1) is 11.7 Å². The summed E-state index contributed by atoms with van der Waals surface area (Å²) in [5.74, 6) is -0.105. The van der Waals surface area contributed by atoms with Crippen LogP contribution in [0.4, 0.5) is 19.0 Å². The van der Waals surface area contributed by atoms with Gasteiger partial charge in [-0.3, -0.25) is 0 Å². The summed E-state index contributed by atoms with van der Waals surface area (Å²) in [6.45, 7) is 0.310. The standard InChI is InChI=1S/C14H16F3N3O/c15-14(16,17)12-6-5-9(7-18)13(20-12)19-8-10-3-1-2-4-11(10)21/h5-6,10-11,21H,1-4,8H2,(H,19,20). The SMILES string of the molecule is N#Cc1ccc(C(F)(F)F)nc1NCC1CCCCC1O. The first-order chi connectivity index (χ1) is 9.91. The highest BCUT2D eigenvalue weighted by Gasteiger charge is 2.33. The number of pyridine rings is 1. The molecule has 1 heterocycles. The van der Waals surface area contributed by atoms with E-state index in [0.29, 0.717) is 13.0 Å². The number of anilines is 1. The van der Waals surface area contributed by atoms with E-state index in [1.54, 1.807) is 0 Å². The Morgan fingerprint density at radius 1 is 1.33 bits per heavy atom. The Labute approximate surface area is 120 Å². The molecular weight excluding hydrogens is 283 g/mol. The fourth-order valence-corrected chi connectivity index (χ4v) is 2.50. The number of hydrogen-bond acceptors (Lipinski definition) is 4. The minimum absolute atomic E-state index is 0.0263. The topological polar surface area (TPSA) is 68.9 Å². The van der Waals surface area contributed by atoms with E-state index in [-0.39, 0.29) is 17.3 Å². The molecule has 2 unspecified atom stereocenters. The molecule has 1 aromatic rings. The average molecular weight is 299 g/mol. The monoisotopic (exact) mass is 299 g/mol. The van der Waals surface area contributed by atoms with Gasteiger partial charge in [-0.1, -0.05) is 12.8 Å². The molecule has 2 atom stereocenters. The van der Waals surface area contributed by atoms with Crippen molar-refractivity contribution in [3.8, 4) is 6.07 Å². The third-order valence-corrected chi connectivity index (χ3v) is 3.71. The second kappa shape index (κ2) is 6.31. The first-order valence-corrected chi connectivity index (χ1v) is 6.82. The third-order valence-electron chi connectivity index (χ3n) is 3.71. The van der Waals surface area contributed by atoms with Gasteiger partial charge in [-0.15, -0.1) is 0 Å². The van der Waals surface area contributed by atoms with Crippen LogP contribution in [0.2, 0.25) is 0 Å². The molecule has 21 heavy (non-hydrogen) atoms. The maximum absolute atomic E-state index is 12.6. The van der Waals surface area contributed by atoms with Crippen molar-refractivity contribution >= 4 is 5.82 Å². The predicted molar refractivity (Wildman–Crippen MR) is 70.4 cm³/mol. The van der Waals surface area contributed by atoms with E-state index in [1.807, 2.05) is 6.07 Å². The number of nitrogens with zero attached hydrogens (tertiary/aromatic N) is 2. The van der Waals surface area contributed by atoms with E-state index >= 15 is 0 Å². The van der Waals surface area contributed by atoms with Gasteiger partial charge < -0.3 is 10.4 Å². The van der Waals surface area contributed by atoms with E-state index in [1.165, 1.54) is 0 Å². The van der Waals surface area contributed by atoms with Crippen LogP contribution in [0.25, 0.3) is 0 Å². The van der Waals surface area contributed by atoms with E-state index in [9.17, 15) is 18.3 Å². The number of nitrogens with one attached hydrogen (secondary N) is 1. The Bertz CT molecular complexity index is 539. The van der Waals surface area contributed by atoms with Gasteiger partial charge in [0.1, 0.15) is 17.6 Å². The summed E-state index contributed by atoms with van der Waals surface area (Å²) in [5.41, 5.74) is -0.971. The highest BCUT2D eigenvalue weighted by Crippen LogP contribution is 2.30. The summed E-state index contributed by atoms with van der Waals surface area (Å²) in [6.07, 6.45) is -1.53. The Morgan fingerprint density at radius 2 is 2.05 bits per heavy atom. The molecule has 1 aromatic heterocycles. The van der Waals surface area contributed by atoms with Crippen molar-refractivity contribution in [2.24, 2.45) is 5.92 Å². The molecule has 114 valence electrons. The predicted octanol–water partition coefficient (Wildman–Crippen LogP) is 2.94. The Hall–Kier alpha value is -1.81. The van der Waals surface area contributed by atoms with Crippen LogP contribution in [0, 0.1) is 17.2 Å². The van der Waals surface area contributed by atoms with E-state index < -0.39 is 18.0 Å². The number of nitriles is 1. The first kappa shape index (κ1) is 15.6. The Morgan fingerprint density at radius 3 is 2.67 bits per heavy atom. The van der Waals surface area contributed by atoms with Crippen LogP contribution < -0.4 is 5.32 Å². The lowest BCUT2D eigenvalue weighted by molar-refractivity contribution is -0.141. The van der Waals surface area contributed by atoms with Crippen molar-refractivity contribution in [2.75, 3.05) is 11.9 Å². The highest BCUT2D eigenvalue weighted by molar-refractivity contribution is 5.52. The summed E-state index contributed by atoms with van der Waals surface area (Å²) in [7, 11) is 0. The third kappa shape index (κ3) is 3.85. The molecule has 0 saturated heterocycles. The molecule has 2 rings (SSSR count). The smallest absolute Gasteiger partial charge is 0.393 e. The number of aliphatic hydroxyl groups is 1. The van der Waals surface area contributed by atoms with E-state index in [4.69, 9.17) is 5.26 Å². The number of halogens is 3. The Kier molecular flexibility index (Phi) is 4.68. The van der Waals surface area contributed by atoms with E-state index in [2.05, 4.69) is 10.3 Å². The van der Waals surface area contributed by atoms with Gasteiger partial charge in [-0.25, -0.2) is 4.98 Å². The van der Waals surface area contributed by atoms with Crippen LogP contribution in [0.3, 0.4) is 0 Å². The molecule has 1 saturated carbocycles. The van der Waals surface area contributed by atoms with Crippen molar-refractivity contribution in [1.82, 2.24) is 4.98 Å². The van der Waals surface area contributed by atoms with Gasteiger partial charge in [0.25, 0.3) is 0 Å². The second-order valence-corrected chi connectivity index (χ2v) is 5.20. The van der Waals surface area contributed by atoms with Gasteiger partial charge in [0.15, 0.2) is 0 Å². The highest BCUT2D eigenvalue weighted by atomic mass is 19.4. The molecular formula is C14H16F3N3O. The molecule has 0 amide bonds. The molecule has 0 bridgehead atoms. The van der Waals surface area contributed by atoms with Crippen molar-refractivity contribution in [3.63, 3.8) is 0 Å². The fourth-order valence-electron chi connectivity index (χ4n) is 2.50. The molecule has 0 spiro atoms. The number of alkyl halides is 3. The quantitative estimate of drug-likeness (QED) is 0.900. The van der Waals surface area contributed by atoms with Gasteiger partial charge >= 0.3 is 6.18 Å². The number of aliphatic hydroxyl groups excluding tert-OH is 1. The summed E-state index contributed by atoms with van der Waals surface area (Å²) in [4.78, 5) is 3.48.